The number of aromatic nitrogens is 1. The van der Waals surface area contributed by atoms with Crippen LogP contribution in [-0.4, -0.2) is 20.6 Å². The maximum absolute atomic E-state index is 12.9. The first-order chi connectivity index (χ1) is 13.5. The summed E-state index contributed by atoms with van der Waals surface area (Å²) < 4.78 is 2.22. The summed E-state index contributed by atoms with van der Waals surface area (Å²) in [6.07, 6.45) is 3.94. The normalized spacial score (nSPS) is 16.1. The minimum Gasteiger partial charge on any atom is -0.347 e. The molecule has 0 atom stereocenters. The molecule has 0 spiro atoms. The van der Waals surface area contributed by atoms with E-state index in [4.69, 9.17) is 0 Å². The van der Waals surface area contributed by atoms with Crippen molar-refractivity contribution in [2.75, 3.05) is 0 Å². The summed E-state index contributed by atoms with van der Waals surface area (Å²) in [5, 5.41) is 0.879. The molecule has 0 N–H and O–H groups in total. The minimum atomic E-state index is -0.223. The lowest BCUT2D eigenvalue weighted by Crippen LogP contribution is -2.27. The van der Waals surface area contributed by atoms with Crippen molar-refractivity contribution in [1.29, 1.82) is 0 Å². The van der Waals surface area contributed by atoms with E-state index in [1.54, 1.807) is 0 Å². The minimum absolute atomic E-state index is 0.217. The summed E-state index contributed by atoms with van der Waals surface area (Å²) in [6.45, 7) is 5.58. The Morgan fingerprint density at radius 2 is 1.71 bits per heavy atom. The number of hydrogen-bond donors (Lipinski definition) is 0. The molecule has 2 amide bonds. The Labute approximate surface area is 168 Å². The molecule has 1 aliphatic heterocycles. The first-order valence-electron chi connectivity index (χ1n) is 9.40. The summed E-state index contributed by atoms with van der Waals surface area (Å²) >= 11 is 1.02. The van der Waals surface area contributed by atoms with Crippen molar-refractivity contribution >= 4 is 39.9 Å². The number of para-hydroxylation sites is 1. The average molecular weight is 391 g/mol. The van der Waals surface area contributed by atoms with Crippen LogP contribution >= 0.6 is 11.8 Å². The van der Waals surface area contributed by atoms with E-state index in [0.717, 1.165) is 40.3 Å². The number of amides is 2. The fourth-order valence-electron chi connectivity index (χ4n) is 3.48. The third kappa shape index (κ3) is 3.62. The summed E-state index contributed by atoms with van der Waals surface area (Å²) in [5.74, 6) is 0.293. The van der Waals surface area contributed by atoms with Crippen LogP contribution in [0.5, 0.6) is 0 Å². The Kier molecular flexibility index (Phi) is 5.09. The molecule has 0 saturated carbocycles. The van der Waals surface area contributed by atoms with Crippen LogP contribution in [0.2, 0.25) is 0 Å². The number of carbonyl (C=O) groups is 2. The van der Waals surface area contributed by atoms with Gasteiger partial charge in [0.1, 0.15) is 0 Å². The van der Waals surface area contributed by atoms with Gasteiger partial charge in [-0.15, -0.1) is 0 Å². The van der Waals surface area contributed by atoms with Gasteiger partial charge in [0.2, 0.25) is 0 Å². The van der Waals surface area contributed by atoms with E-state index in [2.05, 4.69) is 36.7 Å². The van der Waals surface area contributed by atoms with E-state index in [1.165, 1.54) is 4.90 Å². The Morgan fingerprint density at radius 1 is 1.00 bits per heavy atom. The highest BCUT2D eigenvalue weighted by Crippen LogP contribution is 2.35. The van der Waals surface area contributed by atoms with Gasteiger partial charge in [-0.05, 0) is 35.4 Å². The van der Waals surface area contributed by atoms with Crippen LogP contribution in [0.1, 0.15) is 25.0 Å². The lowest BCUT2D eigenvalue weighted by molar-refractivity contribution is -0.123. The molecule has 0 radical (unpaired) electrons. The molecular formula is C23H22N2O2S. The highest BCUT2D eigenvalue weighted by molar-refractivity contribution is 8.18. The van der Waals surface area contributed by atoms with Crippen molar-refractivity contribution in [3.63, 3.8) is 0 Å². The SMILES string of the molecule is CC(C)Cn1cc(/C=C2\SC(=O)N(Cc3ccccc3)C2=O)c2ccccc21. The van der Waals surface area contributed by atoms with Gasteiger partial charge in [-0.1, -0.05) is 62.4 Å². The first kappa shape index (κ1) is 18.6. The van der Waals surface area contributed by atoms with E-state index >= 15 is 0 Å². The number of nitrogens with zero attached hydrogens (tertiary/aromatic N) is 2. The molecule has 2 aromatic carbocycles. The zero-order valence-corrected chi connectivity index (χ0v) is 16.8. The number of thioether (sulfide) groups is 1. The van der Waals surface area contributed by atoms with Crippen LogP contribution in [0.3, 0.4) is 0 Å². The highest BCUT2D eigenvalue weighted by atomic mass is 32.2. The highest BCUT2D eigenvalue weighted by Gasteiger charge is 2.35. The molecule has 4 rings (SSSR count). The number of hydrogen-bond acceptors (Lipinski definition) is 3. The molecule has 142 valence electrons. The van der Waals surface area contributed by atoms with Crippen molar-refractivity contribution in [3.8, 4) is 0 Å². The number of carbonyl (C=O) groups excluding carboxylic acids is 2. The summed E-state index contributed by atoms with van der Waals surface area (Å²) in [5.41, 5.74) is 3.06. The quantitative estimate of drug-likeness (QED) is 0.538. The Bertz CT molecular complexity index is 1070. The fourth-order valence-corrected chi connectivity index (χ4v) is 4.31. The van der Waals surface area contributed by atoms with Gasteiger partial charge in [0.15, 0.2) is 0 Å². The van der Waals surface area contributed by atoms with Gasteiger partial charge in [-0.2, -0.15) is 0 Å². The maximum atomic E-state index is 12.9. The molecule has 4 nitrogen and oxygen atoms in total. The van der Waals surface area contributed by atoms with Crippen molar-refractivity contribution in [2.24, 2.45) is 5.92 Å². The van der Waals surface area contributed by atoms with E-state index in [0.29, 0.717) is 17.4 Å². The molecule has 1 aliphatic rings. The average Bonchev–Trinajstić information content (AvgIpc) is 3.15. The zero-order valence-electron chi connectivity index (χ0n) is 16.0. The summed E-state index contributed by atoms with van der Waals surface area (Å²) in [7, 11) is 0. The van der Waals surface area contributed by atoms with Crippen LogP contribution in [0.25, 0.3) is 17.0 Å². The number of rotatable bonds is 5. The molecule has 28 heavy (non-hydrogen) atoms. The second-order valence-electron chi connectivity index (χ2n) is 7.40. The number of fused-ring (bicyclic) bond motifs is 1. The molecule has 0 unspecified atom stereocenters. The van der Waals surface area contributed by atoms with Crippen LogP contribution < -0.4 is 0 Å². The van der Waals surface area contributed by atoms with Crippen LogP contribution in [0.4, 0.5) is 4.79 Å². The van der Waals surface area contributed by atoms with Crippen molar-refractivity contribution in [1.82, 2.24) is 9.47 Å². The number of imide groups is 1. The lowest BCUT2D eigenvalue weighted by Gasteiger charge is -2.12. The van der Waals surface area contributed by atoms with Gasteiger partial charge in [-0.25, -0.2) is 0 Å². The summed E-state index contributed by atoms with van der Waals surface area (Å²) in [6, 6.07) is 17.8. The van der Waals surface area contributed by atoms with Gasteiger partial charge >= 0.3 is 0 Å². The Balaban J connectivity index is 1.66. The molecule has 1 aromatic heterocycles. The van der Waals surface area contributed by atoms with Gasteiger partial charge in [-0.3, -0.25) is 14.5 Å². The molecule has 1 saturated heterocycles. The molecule has 2 heterocycles. The van der Waals surface area contributed by atoms with Crippen molar-refractivity contribution < 1.29 is 9.59 Å². The topological polar surface area (TPSA) is 42.3 Å². The predicted octanol–water partition coefficient (Wildman–Crippen LogP) is 5.53. The van der Waals surface area contributed by atoms with Gasteiger partial charge in [0.25, 0.3) is 11.1 Å². The summed E-state index contributed by atoms with van der Waals surface area (Å²) in [4.78, 5) is 27.1. The van der Waals surface area contributed by atoms with Gasteiger partial charge in [0.05, 0.1) is 11.4 Å². The van der Waals surface area contributed by atoms with Crippen molar-refractivity contribution in [2.45, 2.75) is 26.9 Å². The lowest BCUT2D eigenvalue weighted by atomic mass is 10.1. The van der Waals surface area contributed by atoms with E-state index in [1.807, 2.05) is 48.5 Å². The maximum Gasteiger partial charge on any atom is 0.293 e. The second-order valence-corrected chi connectivity index (χ2v) is 8.39. The van der Waals surface area contributed by atoms with Crippen molar-refractivity contribution in [3.05, 3.63) is 76.8 Å². The molecule has 5 heteroatoms. The monoisotopic (exact) mass is 390 g/mol. The fraction of sp³-hybridized carbons (Fsp3) is 0.217. The number of benzene rings is 2. The standard InChI is InChI=1S/C23H22N2O2S/c1-16(2)13-24-15-18(19-10-6-7-11-20(19)24)12-21-22(26)25(23(27)28-21)14-17-8-4-3-5-9-17/h3-12,15-16H,13-14H2,1-2H3/b21-12-. The first-order valence-corrected chi connectivity index (χ1v) is 10.2. The predicted molar refractivity (Wildman–Crippen MR) is 115 cm³/mol. The molecule has 0 bridgehead atoms. The van der Waals surface area contributed by atoms with Gasteiger partial charge < -0.3 is 4.57 Å². The molecule has 3 aromatic rings. The largest absolute Gasteiger partial charge is 0.347 e. The molecule has 1 fully saturated rings. The van der Waals surface area contributed by atoms with E-state index in [-0.39, 0.29) is 11.1 Å². The van der Waals surface area contributed by atoms with E-state index in [9.17, 15) is 9.59 Å². The second kappa shape index (κ2) is 7.68. The van der Waals surface area contributed by atoms with Crippen LogP contribution in [-0.2, 0) is 17.9 Å². The van der Waals surface area contributed by atoms with E-state index < -0.39 is 0 Å². The molecule has 0 aliphatic carbocycles. The van der Waals surface area contributed by atoms with Gasteiger partial charge in [0, 0.05) is 29.2 Å². The Morgan fingerprint density at radius 3 is 2.46 bits per heavy atom. The molecular weight excluding hydrogens is 368 g/mol. The smallest absolute Gasteiger partial charge is 0.293 e. The Hall–Kier alpha value is -2.79. The van der Waals surface area contributed by atoms with Crippen LogP contribution in [0.15, 0.2) is 65.7 Å². The third-order valence-corrected chi connectivity index (χ3v) is 5.63. The van der Waals surface area contributed by atoms with Crippen LogP contribution in [0, 0.1) is 5.92 Å². The third-order valence-electron chi connectivity index (χ3n) is 4.72. The zero-order chi connectivity index (χ0) is 19.7.